The Balaban J connectivity index is 1.79. The highest BCUT2D eigenvalue weighted by Crippen LogP contribution is 2.15. The summed E-state index contributed by atoms with van der Waals surface area (Å²) in [5.41, 5.74) is 0.755. The highest BCUT2D eigenvalue weighted by molar-refractivity contribution is 5.88. The number of hydrogen-bond donors (Lipinski definition) is 1. The van der Waals surface area contributed by atoms with Gasteiger partial charge in [-0.2, -0.15) is 0 Å². The highest BCUT2D eigenvalue weighted by Gasteiger charge is 1.98. The Bertz CT molecular complexity index is 521. The van der Waals surface area contributed by atoms with Crippen molar-refractivity contribution in [3.63, 3.8) is 0 Å². The number of ether oxygens (including phenoxy) is 4. The summed E-state index contributed by atoms with van der Waals surface area (Å²) in [6, 6.07) is 7.26. The lowest BCUT2D eigenvalue weighted by Gasteiger charge is -2.09. The first-order valence-corrected chi connectivity index (χ1v) is 11.5. The lowest BCUT2D eigenvalue weighted by molar-refractivity contribution is -0.114. The van der Waals surface area contributed by atoms with E-state index < -0.39 is 0 Å². The Morgan fingerprint density at radius 2 is 1.20 bits per heavy atom. The van der Waals surface area contributed by atoms with E-state index in [-0.39, 0.29) is 5.91 Å². The maximum absolute atomic E-state index is 11.0. The van der Waals surface area contributed by atoms with E-state index in [9.17, 15) is 4.79 Å². The smallest absolute Gasteiger partial charge is 0.221 e. The molecule has 30 heavy (non-hydrogen) atoms. The summed E-state index contributed by atoms with van der Waals surface area (Å²) in [7, 11) is 0. The van der Waals surface area contributed by atoms with Crippen LogP contribution >= 0.6 is 0 Å². The minimum atomic E-state index is -0.0886. The lowest BCUT2D eigenvalue weighted by Crippen LogP contribution is -2.13. The van der Waals surface area contributed by atoms with Gasteiger partial charge in [-0.3, -0.25) is 4.79 Å². The number of rotatable bonds is 20. The van der Waals surface area contributed by atoms with Crippen molar-refractivity contribution in [3.05, 3.63) is 24.3 Å². The highest BCUT2D eigenvalue weighted by atomic mass is 16.6. The first-order valence-electron chi connectivity index (χ1n) is 11.5. The first-order chi connectivity index (χ1) is 14.7. The molecule has 1 amide bonds. The van der Waals surface area contributed by atoms with Crippen LogP contribution in [0.4, 0.5) is 5.69 Å². The van der Waals surface area contributed by atoms with E-state index in [1.165, 1.54) is 51.9 Å². The minimum absolute atomic E-state index is 0.0886. The van der Waals surface area contributed by atoms with E-state index in [0.717, 1.165) is 24.5 Å². The molecule has 172 valence electrons. The fourth-order valence-electron chi connectivity index (χ4n) is 2.94. The first kappa shape index (κ1) is 26.4. The van der Waals surface area contributed by atoms with Gasteiger partial charge in [0.2, 0.25) is 5.91 Å². The zero-order valence-electron chi connectivity index (χ0n) is 19.0. The summed E-state index contributed by atoms with van der Waals surface area (Å²) >= 11 is 0. The average molecular weight is 424 g/mol. The van der Waals surface area contributed by atoms with Crippen LogP contribution in [0, 0.1) is 0 Å². The van der Waals surface area contributed by atoms with E-state index in [0.29, 0.717) is 39.6 Å². The Labute approximate surface area is 182 Å². The zero-order chi connectivity index (χ0) is 21.7. The average Bonchev–Trinajstić information content (AvgIpc) is 2.73. The van der Waals surface area contributed by atoms with Gasteiger partial charge in [0.25, 0.3) is 0 Å². The summed E-state index contributed by atoms with van der Waals surface area (Å²) in [6.45, 7) is 7.91. The van der Waals surface area contributed by atoms with Crippen LogP contribution in [0.2, 0.25) is 0 Å². The summed E-state index contributed by atoms with van der Waals surface area (Å²) < 4.78 is 22.2. The van der Waals surface area contributed by atoms with Gasteiger partial charge in [0.15, 0.2) is 0 Å². The van der Waals surface area contributed by atoms with Gasteiger partial charge >= 0.3 is 0 Å². The molecule has 0 fully saturated rings. The molecule has 0 atom stereocenters. The van der Waals surface area contributed by atoms with Crippen molar-refractivity contribution >= 4 is 11.6 Å². The fourth-order valence-corrected chi connectivity index (χ4v) is 2.94. The van der Waals surface area contributed by atoms with Gasteiger partial charge in [0.05, 0.1) is 33.0 Å². The second-order valence-corrected chi connectivity index (χ2v) is 7.37. The van der Waals surface area contributed by atoms with E-state index in [4.69, 9.17) is 18.9 Å². The van der Waals surface area contributed by atoms with Gasteiger partial charge in [-0.1, -0.05) is 51.9 Å². The Kier molecular flexibility index (Phi) is 17.0. The number of carbonyl (C=O) groups excluding carboxylic acids is 1. The van der Waals surface area contributed by atoms with E-state index >= 15 is 0 Å². The second-order valence-electron chi connectivity index (χ2n) is 7.37. The molecule has 0 heterocycles. The number of benzene rings is 1. The number of nitrogens with one attached hydrogen (secondary N) is 1. The molecule has 6 nitrogen and oxygen atoms in total. The molecule has 0 unspecified atom stereocenters. The van der Waals surface area contributed by atoms with Crippen LogP contribution in [-0.4, -0.2) is 52.2 Å². The predicted molar refractivity (Wildman–Crippen MR) is 121 cm³/mol. The van der Waals surface area contributed by atoms with Gasteiger partial charge in [-0.25, -0.2) is 0 Å². The summed E-state index contributed by atoms with van der Waals surface area (Å²) in [4.78, 5) is 11.0. The Hall–Kier alpha value is -1.63. The predicted octanol–water partition coefficient (Wildman–Crippen LogP) is 5.21. The molecule has 0 saturated heterocycles. The van der Waals surface area contributed by atoms with Crippen LogP contribution in [-0.2, 0) is 19.0 Å². The van der Waals surface area contributed by atoms with Crippen LogP contribution in [0.1, 0.15) is 65.2 Å². The van der Waals surface area contributed by atoms with Crippen molar-refractivity contribution in [3.8, 4) is 5.75 Å². The van der Waals surface area contributed by atoms with Crippen molar-refractivity contribution in [1.29, 1.82) is 0 Å². The molecule has 0 aliphatic rings. The van der Waals surface area contributed by atoms with E-state index in [1.54, 1.807) is 0 Å². The van der Waals surface area contributed by atoms with Crippen molar-refractivity contribution in [1.82, 2.24) is 0 Å². The molecule has 0 aromatic heterocycles. The van der Waals surface area contributed by atoms with Crippen molar-refractivity contribution < 1.29 is 23.7 Å². The molecule has 0 bridgehead atoms. The van der Waals surface area contributed by atoms with Crippen LogP contribution in [0.3, 0.4) is 0 Å². The van der Waals surface area contributed by atoms with Gasteiger partial charge in [0, 0.05) is 19.2 Å². The number of anilines is 1. The van der Waals surface area contributed by atoms with E-state index in [2.05, 4.69) is 12.2 Å². The molecule has 1 N–H and O–H groups in total. The second kappa shape index (κ2) is 19.3. The number of carbonyl (C=O) groups is 1. The minimum Gasteiger partial charge on any atom is -0.491 e. The zero-order valence-corrected chi connectivity index (χ0v) is 19.0. The molecular weight excluding hydrogens is 382 g/mol. The van der Waals surface area contributed by atoms with Crippen molar-refractivity contribution in [2.75, 3.05) is 51.6 Å². The third-order valence-corrected chi connectivity index (χ3v) is 4.56. The Morgan fingerprint density at radius 3 is 1.77 bits per heavy atom. The van der Waals surface area contributed by atoms with Crippen LogP contribution in [0.15, 0.2) is 24.3 Å². The van der Waals surface area contributed by atoms with E-state index in [1.807, 2.05) is 24.3 Å². The SMILES string of the molecule is CCCCCCCCCCOCCOCCOCCOc1ccc(NC(C)=O)cc1. The summed E-state index contributed by atoms with van der Waals surface area (Å²) in [6.07, 6.45) is 10.5. The van der Waals surface area contributed by atoms with Crippen molar-refractivity contribution in [2.45, 2.75) is 65.2 Å². The van der Waals surface area contributed by atoms with Crippen LogP contribution < -0.4 is 10.1 Å². The molecule has 0 radical (unpaired) electrons. The van der Waals surface area contributed by atoms with Crippen molar-refractivity contribution in [2.24, 2.45) is 0 Å². The standard InChI is InChI=1S/C24H41NO5/c1-3-4-5-6-7-8-9-10-15-27-16-17-28-18-19-29-20-21-30-24-13-11-23(12-14-24)25-22(2)26/h11-14H,3-10,15-21H2,1-2H3,(H,25,26). The molecule has 0 saturated carbocycles. The van der Waals surface area contributed by atoms with Gasteiger partial charge in [-0.15, -0.1) is 0 Å². The van der Waals surface area contributed by atoms with Crippen LogP contribution in [0.5, 0.6) is 5.75 Å². The molecule has 6 heteroatoms. The number of hydrogen-bond acceptors (Lipinski definition) is 5. The maximum Gasteiger partial charge on any atom is 0.221 e. The largest absolute Gasteiger partial charge is 0.491 e. The normalized spacial score (nSPS) is 10.9. The molecule has 0 aliphatic carbocycles. The van der Waals surface area contributed by atoms with Gasteiger partial charge in [-0.05, 0) is 30.7 Å². The summed E-state index contributed by atoms with van der Waals surface area (Å²) in [5, 5.41) is 2.72. The molecule has 1 rings (SSSR count). The molecule has 0 aliphatic heterocycles. The lowest BCUT2D eigenvalue weighted by atomic mass is 10.1. The van der Waals surface area contributed by atoms with Gasteiger partial charge in [0.1, 0.15) is 12.4 Å². The monoisotopic (exact) mass is 423 g/mol. The topological polar surface area (TPSA) is 66.0 Å². The van der Waals surface area contributed by atoms with Crippen LogP contribution in [0.25, 0.3) is 0 Å². The quantitative estimate of drug-likeness (QED) is 0.292. The molecule has 1 aromatic rings. The van der Waals surface area contributed by atoms with Gasteiger partial charge < -0.3 is 24.3 Å². The molecular formula is C24H41NO5. The number of amides is 1. The fraction of sp³-hybridized carbons (Fsp3) is 0.708. The third-order valence-electron chi connectivity index (χ3n) is 4.56. The molecule has 1 aromatic carbocycles. The Morgan fingerprint density at radius 1 is 0.700 bits per heavy atom. The third kappa shape index (κ3) is 16.2. The summed E-state index contributed by atoms with van der Waals surface area (Å²) in [5.74, 6) is 0.659. The number of unbranched alkanes of at least 4 members (excludes halogenated alkanes) is 7. The molecule has 0 spiro atoms. The maximum atomic E-state index is 11.0.